The second kappa shape index (κ2) is 23.7. The van der Waals surface area contributed by atoms with Crippen molar-refractivity contribution in [3.63, 3.8) is 0 Å². The number of rotatable bonds is 9. The zero-order chi connectivity index (χ0) is 68.3. The standard InChI is InChI=1S/C54H38N2.C42H30N4/c1-53(2)46-28-12-9-27-43(46)44-31-32-45-50(35-17-5-3-6-18-35)55-52(56-51(45)49(44)53)38-21-15-19-36(33-38)37-20-16-24-40(34-37)54(39-22-7-4-8-23-39)47-29-13-10-25-41(47)42-26-11-14-30-48(42)54;1-42(2)34-21-10-9-20-31(34)32-24-25-33-38(27-14-5-3-6-15-27)44-40(45-39(33)37(32)42)28-16-13-17-29(26-28)41-43-35-22-11-12-23-36(35)46(41)30-18-7-4-8-19-30/h3-34H,1-2H3;3-26H,1-2H3. The number of benzene rings is 14. The SMILES string of the molecule is CC1(C)c2ccccc2-c2ccc3c(-c4ccccc4)nc(-c4cccc(-c5cccc(C6(c7ccccc7)c7ccccc7-c7ccccc76)c5)c4)nc3c21.CC1(C)c2ccccc2-c2ccc3c(-c4ccccc4)nc(-c4cccc(-c5nc6ccccc6n5-c5ccccc5)c4)nc3c21. The molecule has 0 radical (unpaired) electrons. The van der Waals surface area contributed by atoms with Crippen molar-refractivity contribution in [2.75, 3.05) is 0 Å². The van der Waals surface area contributed by atoms with E-state index < -0.39 is 5.41 Å². The second-order valence-corrected chi connectivity index (χ2v) is 28.2. The molecule has 0 N–H and O–H groups in total. The topological polar surface area (TPSA) is 69.4 Å². The van der Waals surface area contributed by atoms with Crippen LogP contribution in [0.15, 0.2) is 340 Å². The summed E-state index contributed by atoms with van der Waals surface area (Å²) in [5.74, 6) is 2.32. The second-order valence-electron chi connectivity index (χ2n) is 28.2. The van der Waals surface area contributed by atoms with E-state index in [4.69, 9.17) is 24.9 Å². The number of fused-ring (bicyclic) bond motifs is 14. The molecular weight excluding hydrogens is 1240 g/mol. The van der Waals surface area contributed by atoms with Gasteiger partial charge in [-0.1, -0.05) is 313 Å². The molecule has 3 aliphatic carbocycles. The molecule has 0 bridgehead atoms. The maximum Gasteiger partial charge on any atom is 0.160 e. The molecule has 0 saturated carbocycles. The molecule has 6 heteroatoms. The Bertz CT molecular complexity index is 6140. The molecule has 3 aromatic heterocycles. The first-order valence-corrected chi connectivity index (χ1v) is 35.2. The van der Waals surface area contributed by atoms with Gasteiger partial charge >= 0.3 is 0 Å². The highest BCUT2D eigenvalue weighted by molar-refractivity contribution is 6.04. The van der Waals surface area contributed by atoms with Gasteiger partial charge in [-0.2, -0.15) is 0 Å². The highest BCUT2D eigenvalue weighted by atomic mass is 15.1. The molecule has 0 spiro atoms. The molecule has 482 valence electrons. The van der Waals surface area contributed by atoms with Gasteiger partial charge in [0.05, 0.1) is 38.9 Å². The predicted molar refractivity (Wildman–Crippen MR) is 419 cm³/mol. The Hall–Kier alpha value is -12.8. The van der Waals surface area contributed by atoms with Crippen molar-refractivity contribution in [2.24, 2.45) is 0 Å². The van der Waals surface area contributed by atoms with E-state index in [0.717, 1.165) is 101 Å². The maximum atomic E-state index is 5.49. The average molecular weight is 1310 g/mol. The summed E-state index contributed by atoms with van der Waals surface area (Å²) in [7, 11) is 0. The number of nitrogens with zero attached hydrogens (tertiary/aromatic N) is 6. The third-order valence-electron chi connectivity index (χ3n) is 21.7. The van der Waals surface area contributed by atoms with Crippen molar-refractivity contribution in [3.8, 4) is 107 Å². The van der Waals surface area contributed by atoms with Crippen molar-refractivity contribution in [1.29, 1.82) is 0 Å². The Balaban J connectivity index is 0.000000144. The molecule has 102 heavy (non-hydrogen) atoms. The van der Waals surface area contributed by atoms with Gasteiger partial charge in [0, 0.05) is 55.1 Å². The van der Waals surface area contributed by atoms with Gasteiger partial charge < -0.3 is 0 Å². The van der Waals surface area contributed by atoms with Crippen molar-refractivity contribution in [1.82, 2.24) is 29.5 Å². The third kappa shape index (κ3) is 9.43. The van der Waals surface area contributed by atoms with E-state index in [-0.39, 0.29) is 10.8 Å². The molecule has 0 fully saturated rings. The zero-order valence-electron chi connectivity index (χ0n) is 57.0. The van der Waals surface area contributed by atoms with Crippen LogP contribution >= 0.6 is 0 Å². The van der Waals surface area contributed by atoms with Crippen LogP contribution in [0.25, 0.3) is 140 Å². The number of hydrogen-bond donors (Lipinski definition) is 0. The van der Waals surface area contributed by atoms with Crippen molar-refractivity contribution in [3.05, 3.63) is 384 Å². The summed E-state index contributed by atoms with van der Waals surface area (Å²) in [6.45, 7) is 9.29. The Labute approximate surface area is 593 Å². The molecule has 14 aromatic carbocycles. The number of imidazole rings is 1. The Morgan fingerprint density at radius 1 is 0.265 bits per heavy atom. The van der Waals surface area contributed by atoms with Crippen LogP contribution in [0.2, 0.25) is 0 Å². The van der Waals surface area contributed by atoms with E-state index in [1.807, 2.05) is 18.2 Å². The lowest BCUT2D eigenvalue weighted by Gasteiger charge is -2.34. The fourth-order valence-corrected chi connectivity index (χ4v) is 17.1. The lowest BCUT2D eigenvalue weighted by Crippen LogP contribution is -2.28. The molecule has 17 aromatic rings. The van der Waals surface area contributed by atoms with Crippen LogP contribution in [-0.4, -0.2) is 29.5 Å². The molecule has 0 amide bonds. The fourth-order valence-electron chi connectivity index (χ4n) is 17.1. The molecule has 0 unspecified atom stereocenters. The summed E-state index contributed by atoms with van der Waals surface area (Å²) < 4.78 is 2.23. The number of hydrogen-bond acceptors (Lipinski definition) is 5. The maximum absolute atomic E-state index is 5.49. The smallest absolute Gasteiger partial charge is 0.160 e. The van der Waals surface area contributed by atoms with Gasteiger partial charge in [0.1, 0.15) is 5.82 Å². The number of para-hydroxylation sites is 3. The van der Waals surface area contributed by atoms with E-state index in [9.17, 15) is 0 Å². The molecule has 0 atom stereocenters. The minimum absolute atomic E-state index is 0.201. The first kappa shape index (κ1) is 60.4. The van der Waals surface area contributed by atoms with Crippen LogP contribution in [0, 0.1) is 0 Å². The van der Waals surface area contributed by atoms with E-state index in [1.54, 1.807) is 0 Å². The fraction of sp³-hybridized carbons (Fsp3) is 0.0729. The highest BCUT2D eigenvalue weighted by Gasteiger charge is 2.46. The normalized spacial score (nSPS) is 13.7. The minimum atomic E-state index is -0.459. The predicted octanol–water partition coefficient (Wildman–Crippen LogP) is 23.6. The van der Waals surface area contributed by atoms with Gasteiger partial charge in [-0.05, 0) is 144 Å². The molecule has 3 aliphatic rings. The van der Waals surface area contributed by atoms with Crippen LogP contribution in [-0.2, 0) is 16.2 Å². The third-order valence-corrected chi connectivity index (χ3v) is 21.7. The van der Waals surface area contributed by atoms with Crippen LogP contribution < -0.4 is 0 Å². The van der Waals surface area contributed by atoms with Gasteiger partial charge in [-0.3, -0.25) is 4.57 Å². The lowest BCUT2D eigenvalue weighted by molar-refractivity contribution is 0.664. The summed E-state index contributed by atoms with van der Waals surface area (Å²) in [5.41, 5.74) is 31.5. The first-order chi connectivity index (χ1) is 50.1. The van der Waals surface area contributed by atoms with Gasteiger partial charge in [-0.25, -0.2) is 24.9 Å². The molecule has 0 aliphatic heterocycles. The largest absolute Gasteiger partial charge is 0.292 e. The molecule has 6 nitrogen and oxygen atoms in total. The van der Waals surface area contributed by atoms with Gasteiger partial charge in [0.15, 0.2) is 11.6 Å². The Morgan fingerprint density at radius 2 is 0.647 bits per heavy atom. The van der Waals surface area contributed by atoms with E-state index in [1.165, 1.54) is 77.9 Å². The first-order valence-electron chi connectivity index (χ1n) is 35.2. The summed E-state index contributed by atoms with van der Waals surface area (Å²) in [5, 5.41) is 2.14. The van der Waals surface area contributed by atoms with Crippen LogP contribution in [0.4, 0.5) is 0 Å². The van der Waals surface area contributed by atoms with Gasteiger partial charge in [0.25, 0.3) is 0 Å². The number of aromatic nitrogens is 6. The van der Waals surface area contributed by atoms with Gasteiger partial charge in [-0.15, -0.1) is 0 Å². The van der Waals surface area contributed by atoms with E-state index in [0.29, 0.717) is 5.82 Å². The summed E-state index contributed by atoms with van der Waals surface area (Å²) in [4.78, 5) is 26.7. The van der Waals surface area contributed by atoms with Gasteiger partial charge in [0.2, 0.25) is 0 Å². The van der Waals surface area contributed by atoms with Crippen LogP contribution in [0.1, 0.15) is 72.2 Å². The Kier molecular flexibility index (Phi) is 14.0. The van der Waals surface area contributed by atoms with Crippen molar-refractivity contribution < 1.29 is 0 Å². The van der Waals surface area contributed by atoms with Crippen LogP contribution in [0.5, 0.6) is 0 Å². The summed E-state index contributed by atoms with van der Waals surface area (Å²) in [6.07, 6.45) is 0. The average Bonchev–Trinajstić information content (AvgIpc) is 1.54. The highest BCUT2D eigenvalue weighted by Crippen LogP contribution is 2.58. The molecule has 20 rings (SSSR count). The molecule has 0 saturated heterocycles. The van der Waals surface area contributed by atoms with Crippen molar-refractivity contribution >= 4 is 32.8 Å². The van der Waals surface area contributed by atoms with E-state index in [2.05, 4.69) is 354 Å². The van der Waals surface area contributed by atoms with E-state index >= 15 is 0 Å². The van der Waals surface area contributed by atoms with Crippen molar-refractivity contribution in [2.45, 2.75) is 43.9 Å². The molecular formula is C96H68N6. The van der Waals surface area contributed by atoms with Crippen LogP contribution in [0.3, 0.4) is 0 Å². The zero-order valence-corrected chi connectivity index (χ0v) is 57.0. The summed E-state index contributed by atoms with van der Waals surface area (Å²) in [6, 6.07) is 122. The summed E-state index contributed by atoms with van der Waals surface area (Å²) >= 11 is 0. The quantitative estimate of drug-likeness (QED) is 0.144. The monoisotopic (exact) mass is 1300 g/mol. The Morgan fingerprint density at radius 3 is 1.18 bits per heavy atom. The lowest BCUT2D eigenvalue weighted by atomic mass is 9.67. The minimum Gasteiger partial charge on any atom is -0.292 e. The molecule has 3 heterocycles.